The van der Waals surface area contributed by atoms with Crippen LogP contribution in [0.4, 0.5) is 5.69 Å². The number of carbonyl (C=O) groups excluding carboxylic acids is 1. The number of nitrogens with zero attached hydrogens (tertiary/aromatic N) is 3. The zero-order chi connectivity index (χ0) is 11.5. The third kappa shape index (κ3) is 1.61. The molecule has 16 heavy (non-hydrogen) atoms. The monoisotopic (exact) mass is 215 g/mol. The molecule has 0 radical (unpaired) electrons. The number of hydrogen-bond donors (Lipinski definition) is 0. The highest BCUT2D eigenvalue weighted by molar-refractivity contribution is 5.88. The lowest BCUT2D eigenvalue weighted by molar-refractivity contribution is 0.0518. The van der Waals surface area contributed by atoms with Gasteiger partial charge in [-0.15, -0.1) is 0 Å². The molecule has 0 atom stereocenters. The van der Waals surface area contributed by atoms with Gasteiger partial charge in [0.1, 0.15) is 5.65 Å². The standard InChI is InChI=1S/C11H9N3O2/c1-3-16-11(15)9-6-13-10-5-4-8(12-2)7-14(9)10/h4-7H,3H2,1H3. The first kappa shape index (κ1) is 10.2. The summed E-state index contributed by atoms with van der Waals surface area (Å²) in [6.07, 6.45) is 3.02. The van der Waals surface area contributed by atoms with Crippen LogP contribution in [0.25, 0.3) is 10.5 Å². The van der Waals surface area contributed by atoms with Gasteiger partial charge in [0.05, 0.1) is 19.4 Å². The fraction of sp³-hybridized carbons (Fsp3) is 0.182. The molecule has 0 aliphatic carbocycles. The van der Waals surface area contributed by atoms with Gasteiger partial charge in [-0.3, -0.25) is 0 Å². The molecule has 2 aromatic heterocycles. The minimum atomic E-state index is -0.433. The fourth-order valence-corrected chi connectivity index (χ4v) is 1.39. The van der Waals surface area contributed by atoms with E-state index in [2.05, 4.69) is 9.83 Å². The third-order valence-electron chi connectivity index (χ3n) is 2.10. The van der Waals surface area contributed by atoms with E-state index in [4.69, 9.17) is 11.3 Å². The van der Waals surface area contributed by atoms with Crippen molar-refractivity contribution in [2.75, 3.05) is 6.61 Å². The van der Waals surface area contributed by atoms with Gasteiger partial charge >= 0.3 is 5.97 Å². The maximum Gasteiger partial charge on any atom is 0.356 e. The smallest absolute Gasteiger partial charge is 0.356 e. The van der Waals surface area contributed by atoms with Crippen molar-refractivity contribution in [3.05, 3.63) is 41.6 Å². The van der Waals surface area contributed by atoms with Gasteiger partial charge in [-0.25, -0.2) is 14.6 Å². The molecule has 0 saturated heterocycles. The van der Waals surface area contributed by atoms with Crippen LogP contribution in [0.3, 0.4) is 0 Å². The zero-order valence-electron chi connectivity index (χ0n) is 8.67. The summed E-state index contributed by atoms with van der Waals surface area (Å²) in [6, 6.07) is 3.35. The van der Waals surface area contributed by atoms with E-state index in [0.717, 1.165) is 0 Å². The number of rotatable bonds is 2. The molecule has 5 nitrogen and oxygen atoms in total. The lowest BCUT2D eigenvalue weighted by atomic mass is 10.4. The summed E-state index contributed by atoms with van der Waals surface area (Å²) in [5, 5.41) is 0. The highest BCUT2D eigenvalue weighted by atomic mass is 16.5. The Balaban J connectivity index is 2.54. The average Bonchev–Trinajstić information content (AvgIpc) is 2.71. The van der Waals surface area contributed by atoms with Crippen LogP contribution >= 0.6 is 0 Å². The Labute approximate surface area is 92.1 Å². The number of hydrogen-bond acceptors (Lipinski definition) is 3. The van der Waals surface area contributed by atoms with Crippen LogP contribution in [0.15, 0.2) is 24.5 Å². The van der Waals surface area contributed by atoms with Crippen LogP contribution in [0, 0.1) is 6.57 Å². The largest absolute Gasteiger partial charge is 0.461 e. The molecule has 0 bridgehead atoms. The molecule has 0 aromatic carbocycles. The maximum atomic E-state index is 11.6. The van der Waals surface area contributed by atoms with Crippen LogP contribution < -0.4 is 0 Å². The van der Waals surface area contributed by atoms with E-state index >= 15 is 0 Å². The van der Waals surface area contributed by atoms with Crippen LogP contribution in [-0.2, 0) is 4.74 Å². The highest BCUT2D eigenvalue weighted by Crippen LogP contribution is 2.15. The van der Waals surface area contributed by atoms with Crippen LogP contribution in [-0.4, -0.2) is 22.0 Å². The summed E-state index contributed by atoms with van der Waals surface area (Å²) in [4.78, 5) is 18.9. The first-order valence-corrected chi connectivity index (χ1v) is 4.78. The van der Waals surface area contributed by atoms with Gasteiger partial charge in [0.2, 0.25) is 5.69 Å². The minimum absolute atomic E-state index is 0.314. The highest BCUT2D eigenvalue weighted by Gasteiger charge is 2.12. The molecular formula is C11H9N3O2. The van der Waals surface area contributed by atoms with E-state index in [0.29, 0.717) is 23.6 Å². The number of ether oxygens (including phenoxy) is 1. The van der Waals surface area contributed by atoms with E-state index in [1.54, 1.807) is 29.7 Å². The van der Waals surface area contributed by atoms with Crippen molar-refractivity contribution in [3.8, 4) is 0 Å². The van der Waals surface area contributed by atoms with Crippen LogP contribution in [0.2, 0.25) is 0 Å². The van der Waals surface area contributed by atoms with Gasteiger partial charge in [-0.1, -0.05) is 6.07 Å². The van der Waals surface area contributed by atoms with Crippen molar-refractivity contribution in [1.82, 2.24) is 9.38 Å². The Morgan fingerprint density at radius 2 is 2.44 bits per heavy atom. The molecule has 0 saturated carbocycles. The van der Waals surface area contributed by atoms with E-state index in [9.17, 15) is 4.79 Å². The lowest BCUT2D eigenvalue weighted by Crippen LogP contribution is -2.07. The molecule has 5 heteroatoms. The Hall–Kier alpha value is -2.35. The van der Waals surface area contributed by atoms with Gasteiger partial charge in [0, 0.05) is 6.20 Å². The number of fused-ring (bicyclic) bond motifs is 1. The Morgan fingerprint density at radius 3 is 3.12 bits per heavy atom. The van der Waals surface area contributed by atoms with Crippen molar-refractivity contribution >= 4 is 17.3 Å². The number of pyridine rings is 1. The van der Waals surface area contributed by atoms with Crippen LogP contribution in [0.5, 0.6) is 0 Å². The molecule has 0 amide bonds. The first-order chi connectivity index (χ1) is 7.76. The molecular weight excluding hydrogens is 206 g/mol. The summed E-state index contributed by atoms with van der Waals surface area (Å²) < 4.78 is 6.45. The average molecular weight is 215 g/mol. The van der Waals surface area contributed by atoms with Gasteiger partial charge in [-0.05, 0) is 13.0 Å². The predicted molar refractivity (Wildman–Crippen MR) is 57.4 cm³/mol. The summed E-state index contributed by atoms with van der Waals surface area (Å²) >= 11 is 0. The van der Waals surface area contributed by atoms with Crippen molar-refractivity contribution in [3.63, 3.8) is 0 Å². The normalized spacial score (nSPS) is 10.0. The summed E-state index contributed by atoms with van der Waals surface area (Å²) in [7, 11) is 0. The molecule has 0 N–H and O–H groups in total. The second kappa shape index (κ2) is 4.03. The Kier molecular flexibility index (Phi) is 2.56. The Morgan fingerprint density at radius 1 is 1.62 bits per heavy atom. The second-order valence-electron chi connectivity index (χ2n) is 3.09. The van der Waals surface area contributed by atoms with Crippen molar-refractivity contribution in [2.45, 2.75) is 6.92 Å². The van der Waals surface area contributed by atoms with E-state index in [1.807, 2.05) is 0 Å². The lowest BCUT2D eigenvalue weighted by Gasteiger charge is -2.01. The zero-order valence-corrected chi connectivity index (χ0v) is 8.67. The van der Waals surface area contributed by atoms with Gasteiger partial charge < -0.3 is 9.14 Å². The predicted octanol–water partition coefficient (Wildman–Crippen LogP) is 2.06. The fourth-order valence-electron chi connectivity index (χ4n) is 1.39. The number of esters is 1. The molecule has 0 fully saturated rings. The van der Waals surface area contributed by atoms with Gasteiger partial charge in [0.25, 0.3) is 0 Å². The summed E-state index contributed by atoms with van der Waals surface area (Å²) in [6.45, 7) is 8.96. The number of aromatic nitrogens is 2. The summed E-state index contributed by atoms with van der Waals surface area (Å²) in [5.74, 6) is -0.433. The van der Waals surface area contributed by atoms with Crippen molar-refractivity contribution in [2.24, 2.45) is 0 Å². The van der Waals surface area contributed by atoms with Crippen molar-refractivity contribution in [1.29, 1.82) is 0 Å². The van der Waals surface area contributed by atoms with Crippen LogP contribution in [0.1, 0.15) is 17.4 Å². The number of carbonyl (C=O) groups is 1. The molecule has 2 rings (SSSR count). The minimum Gasteiger partial charge on any atom is -0.461 e. The quantitative estimate of drug-likeness (QED) is 0.569. The van der Waals surface area contributed by atoms with Gasteiger partial charge in [0.15, 0.2) is 5.69 Å². The SMILES string of the molecule is [C-]#[N+]c1ccc2ncc(C(=O)OCC)n2c1. The molecule has 80 valence electrons. The molecule has 0 aliphatic heterocycles. The van der Waals surface area contributed by atoms with E-state index in [-0.39, 0.29) is 0 Å². The molecule has 0 spiro atoms. The third-order valence-corrected chi connectivity index (χ3v) is 2.10. The Bertz CT molecular complexity index is 580. The number of imidazole rings is 1. The van der Waals surface area contributed by atoms with E-state index in [1.165, 1.54) is 6.20 Å². The molecule has 2 aromatic rings. The first-order valence-electron chi connectivity index (χ1n) is 4.78. The topological polar surface area (TPSA) is 48.0 Å². The maximum absolute atomic E-state index is 11.6. The molecule has 2 heterocycles. The van der Waals surface area contributed by atoms with E-state index < -0.39 is 5.97 Å². The summed E-state index contributed by atoms with van der Waals surface area (Å²) in [5.41, 5.74) is 1.41. The molecule has 0 unspecified atom stereocenters. The second-order valence-corrected chi connectivity index (χ2v) is 3.09. The van der Waals surface area contributed by atoms with Gasteiger partial charge in [-0.2, -0.15) is 0 Å². The molecule has 0 aliphatic rings. The van der Waals surface area contributed by atoms with Crippen molar-refractivity contribution < 1.29 is 9.53 Å².